The van der Waals surface area contributed by atoms with E-state index < -0.39 is 11.9 Å². The Hall–Kier alpha value is -2.21. The van der Waals surface area contributed by atoms with Crippen molar-refractivity contribution >= 4 is 17.8 Å². The number of amides is 2. The molecule has 0 saturated carbocycles. The fourth-order valence-electron chi connectivity index (χ4n) is 3.07. The van der Waals surface area contributed by atoms with Crippen molar-refractivity contribution in [2.45, 2.75) is 6.92 Å². The normalized spacial score (nSPS) is 25.5. The van der Waals surface area contributed by atoms with Crippen LogP contribution < -0.4 is 0 Å². The second kappa shape index (κ2) is 4.96. The largest absolute Gasteiger partial charge is 0.481 e. The summed E-state index contributed by atoms with van der Waals surface area (Å²) in [5.41, 5.74) is 0.842. The first-order valence-corrected chi connectivity index (χ1v) is 6.89. The highest BCUT2D eigenvalue weighted by Gasteiger charge is 2.40. The Kier molecular flexibility index (Phi) is 3.25. The van der Waals surface area contributed by atoms with Crippen LogP contribution in [0.4, 0.5) is 0 Å². The first kappa shape index (κ1) is 13.8. The van der Waals surface area contributed by atoms with Crippen LogP contribution in [0.25, 0.3) is 0 Å². The summed E-state index contributed by atoms with van der Waals surface area (Å²) in [7, 11) is 0. The van der Waals surface area contributed by atoms with Crippen molar-refractivity contribution in [3.05, 3.63) is 35.4 Å². The van der Waals surface area contributed by atoms with Gasteiger partial charge in [0.1, 0.15) is 0 Å². The van der Waals surface area contributed by atoms with Gasteiger partial charge in [0.05, 0.1) is 23.7 Å². The SMILES string of the molecule is C[C@@H]1CN(CN2C(=O)c3ccccc3C2=O)C[C@H]1C(=O)O. The van der Waals surface area contributed by atoms with Crippen LogP contribution in [0, 0.1) is 11.8 Å². The Balaban J connectivity index is 1.75. The number of hydrogen-bond acceptors (Lipinski definition) is 4. The standard InChI is InChI=1S/C15H16N2O4/c1-9-6-16(7-12(9)15(20)21)8-17-13(18)10-4-2-3-5-11(10)14(17)19/h2-5,9,12H,6-8H2,1H3,(H,20,21)/t9-,12-/m1/s1. The summed E-state index contributed by atoms with van der Waals surface area (Å²) in [5.74, 6) is -1.87. The van der Waals surface area contributed by atoms with E-state index >= 15 is 0 Å². The Morgan fingerprint density at radius 2 is 1.76 bits per heavy atom. The molecule has 1 aromatic carbocycles. The van der Waals surface area contributed by atoms with Gasteiger partial charge < -0.3 is 5.11 Å². The molecule has 6 heteroatoms. The molecule has 1 fully saturated rings. The van der Waals surface area contributed by atoms with Crippen LogP contribution in [0.1, 0.15) is 27.6 Å². The lowest BCUT2D eigenvalue weighted by Gasteiger charge is -2.22. The van der Waals surface area contributed by atoms with Crippen molar-refractivity contribution in [2.24, 2.45) is 11.8 Å². The lowest BCUT2D eigenvalue weighted by atomic mass is 9.99. The number of aliphatic carboxylic acids is 1. The van der Waals surface area contributed by atoms with Gasteiger partial charge in [0.15, 0.2) is 0 Å². The molecular weight excluding hydrogens is 272 g/mol. The molecule has 0 aliphatic carbocycles. The number of carbonyl (C=O) groups is 3. The smallest absolute Gasteiger partial charge is 0.308 e. The zero-order chi connectivity index (χ0) is 15.1. The molecule has 2 aliphatic rings. The molecule has 0 unspecified atom stereocenters. The number of carboxylic acid groups (broad SMARTS) is 1. The van der Waals surface area contributed by atoms with E-state index in [1.165, 1.54) is 4.90 Å². The lowest BCUT2D eigenvalue weighted by Crippen LogP contribution is -2.40. The van der Waals surface area contributed by atoms with Crippen molar-refractivity contribution in [3.8, 4) is 0 Å². The highest BCUT2D eigenvalue weighted by Crippen LogP contribution is 2.26. The van der Waals surface area contributed by atoms with Crippen molar-refractivity contribution in [2.75, 3.05) is 19.8 Å². The Morgan fingerprint density at radius 3 is 2.24 bits per heavy atom. The molecule has 110 valence electrons. The number of benzene rings is 1. The highest BCUT2D eigenvalue weighted by atomic mass is 16.4. The van der Waals surface area contributed by atoms with E-state index in [4.69, 9.17) is 5.11 Å². The molecule has 0 spiro atoms. The van der Waals surface area contributed by atoms with Gasteiger partial charge >= 0.3 is 5.97 Å². The molecular formula is C15H16N2O4. The third-order valence-electron chi connectivity index (χ3n) is 4.22. The van der Waals surface area contributed by atoms with Gasteiger partial charge in [-0.1, -0.05) is 19.1 Å². The van der Waals surface area contributed by atoms with E-state index in [1.54, 1.807) is 24.3 Å². The molecule has 2 aliphatic heterocycles. The molecule has 2 heterocycles. The second-order valence-electron chi connectivity index (χ2n) is 5.68. The van der Waals surface area contributed by atoms with Crippen molar-refractivity contribution < 1.29 is 19.5 Å². The van der Waals surface area contributed by atoms with Gasteiger partial charge in [0.2, 0.25) is 0 Å². The monoisotopic (exact) mass is 288 g/mol. The predicted molar refractivity (Wildman–Crippen MR) is 73.7 cm³/mol. The van der Waals surface area contributed by atoms with Gasteiger partial charge in [-0.25, -0.2) is 0 Å². The first-order valence-electron chi connectivity index (χ1n) is 6.89. The van der Waals surface area contributed by atoms with Gasteiger partial charge in [-0.3, -0.25) is 24.2 Å². The number of likely N-dealkylation sites (tertiary alicyclic amines) is 1. The predicted octanol–water partition coefficient (Wildman–Crippen LogP) is 0.893. The van der Waals surface area contributed by atoms with E-state index in [1.807, 2.05) is 11.8 Å². The zero-order valence-corrected chi connectivity index (χ0v) is 11.7. The van der Waals surface area contributed by atoms with Gasteiger partial charge in [-0.15, -0.1) is 0 Å². The van der Waals surface area contributed by atoms with E-state index in [2.05, 4.69) is 0 Å². The van der Waals surface area contributed by atoms with E-state index in [9.17, 15) is 14.4 Å². The highest BCUT2D eigenvalue weighted by molar-refractivity contribution is 6.21. The maximum Gasteiger partial charge on any atom is 0.308 e. The Morgan fingerprint density at radius 1 is 1.19 bits per heavy atom. The molecule has 2 amide bonds. The maximum atomic E-state index is 12.3. The summed E-state index contributed by atoms with van der Waals surface area (Å²) < 4.78 is 0. The van der Waals surface area contributed by atoms with E-state index in [0.29, 0.717) is 24.2 Å². The van der Waals surface area contributed by atoms with Crippen LogP contribution in [0.5, 0.6) is 0 Å². The quantitative estimate of drug-likeness (QED) is 0.836. The summed E-state index contributed by atoms with van der Waals surface area (Å²) in [6, 6.07) is 6.74. The van der Waals surface area contributed by atoms with Crippen LogP contribution in [0.15, 0.2) is 24.3 Å². The van der Waals surface area contributed by atoms with Crippen molar-refractivity contribution in [1.82, 2.24) is 9.80 Å². The summed E-state index contributed by atoms with van der Waals surface area (Å²) in [6.07, 6.45) is 0. The summed E-state index contributed by atoms with van der Waals surface area (Å²) >= 11 is 0. The molecule has 2 atom stereocenters. The molecule has 1 saturated heterocycles. The fourth-order valence-corrected chi connectivity index (χ4v) is 3.07. The third-order valence-corrected chi connectivity index (χ3v) is 4.22. The molecule has 21 heavy (non-hydrogen) atoms. The zero-order valence-electron chi connectivity index (χ0n) is 11.7. The van der Waals surface area contributed by atoms with Crippen molar-refractivity contribution in [3.63, 3.8) is 0 Å². The van der Waals surface area contributed by atoms with E-state index in [0.717, 1.165) is 0 Å². The molecule has 1 N–H and O–H groups in total. The minimum absolute atomic E-state index is 0.0117. The topological polar surface area (TPSA) is 77.9 Å². The summed E-state index contributed by atoms with van der Waals surface area (Å²) in [4.78, 5) is 38.7. The van der Waals surface area contributed by atoms with Crippen LogP contribution in [0.2, 0.25) is 0 Å². The minimum atomic E-state index is -0.827. The van der Waals surface area contributed by atoms with E-state index in [-0.39, 0.29) is 24.4 Å². The van der Waals surface area contributed by atoms with Gasteiger partial charge in [0.25, 0.3) is 11.8 Å². The Bertz CT molecular complexity index is 593. The Labute approximate surface area is 122 Å². The number of carboxylic acids is 1. The van der Waals surface area contributed by atoms with Gasteiger partial charge in [-0.05, 0) is 18.1 Å². The molecule has 6 nitrogen and oxygen atoms in total. The molecule has 0 aromatic heterocycles. The number of hydrogen-bond donors (Lipinski definition) is 1. The molecule has 3 rings (SSSR count). The average molecular weight is 288 g/mol. The summed E-state index contributed by atoms with van der Waals surface area (Å²) in [5, 5.41) is 9.13. The minimum Gasteiger partial charge on any atom is -0.481 e. The number of carbonyl (C=O) groups excluding carboxylic acids is 2. The maximum absolute atomic E-state index is 12.3. The number of rotatable bonds is 3. The van der Waals surface area contributed by atoms with Crippen LogP contribution in [0.3, 0.4) is 0 Å². The first-order chi connectivity index (χ1) is 9.99. The second-order valence-corrected chi connectivity index (χ2v) is 5.68. The summed E-state index contributed by atoms with van der Waals surface area (Å²) in [6.45, 7) is 2.97. The van der Waals surface area contributed by atoms with Crippen LogP contribution >= 0.6 is 0 Å². The molecule has 0 bridgehead atoms. The molecule has 1 aromatic rings. The molecule has 0 radical (unpaired) electrons. The van der Waals surface area contributed by atoms with Gasteiger partial charge in [-0.2, -0.15) is 0 Å². The van der Waals surface area contributed by atoms with Gasteiger partial charge in [0, 0.05) is 13.1 Å². The third kappa shape index (κ3) is 2.21. The average Bonchev–Trinajstić information content (AvgIpc) is 2.94. The lowest BCUT2D eigenvalue weighted by molar-refractivity contribution is -0.142. The van der Waals surface area contributed by atoms with Crippen molar-refractivity contribution in [1.29, 1.82) is 0 Å². The van der Waals surface area contributed by atoms with Crippen LogP contribution in [-0.4, -0.2) is 52.4 Å². The number of imide groups is 1. The van der Waals surface area contributed by atoms with Crippen LogP contribution in [-0.2, 0) is 4.79 Å². The number of fused-ring (bicyclic) bond motifs is 1. The fraction of sp³-hybridized carbons (Fsp3) is 0.400. The number of nitrogens with zero attached hydrogens (tertiary/aromatic N) is 2.